The first kappa shape index (κ1) is 23.5. The largest absolute Gasteiger partial charge is 0.610 e. The van der Waals surface area contributed by atoms with Crippen LogP contribution in [0.5, 0.6) is 0 Å². The molecule has 10 heteroatoms. The van der Waals surface area contributed by atoms with Crippen molar-refractivity contribution in [3.05, 3.63) is 47.7 Å². The Morgan fingerprint density at radius 2 is 1.80 bits per heavy atom. The molecule has 180 valence electrons. The first-order valence-electron chi connectivity index (χ1n) is 11.0. The molecule has 0 radical (unpaired) electrons. The minimum atomic E-state index is -4.53. The number of hydrogen-bond donors (Lipinski definition) is 0. The van der Waals surface area contributed by atoms with Gasteiger partial charge in [0.15, 0.2) is 17.2 Å². The zero-order valence-electron chi connectivity index (χ0n) is 19.3. The molecule has 1 fully saturated rings. The maximum absolute atomic E-state index is 13.2. The lowest BCUT2D eigenvalue weighted by molar-refractivity contribution is -0.137. The van der Waals surface area contributed by atoms with Crippen LogP contribution >= 0.6 is 0 Å². The third-order valence-corrected chi connectivity index (χ3v) is 7.91. The summed E-state index contributed by atoms with van der Waals surface area (Å²) >= 11 is -1.41. The highest BCUT2D eigenvalue weighted by Crippen LogP contribution is 2.47. The van der Waals surface area contributed by atoms with Crippen LogP contribution in [0.1, 0.15) is 30.9 Å². The SMILES string of the molecule is C#CC1(c2ccc(-c3nc(-c4nc5cc(C(F)(F)F)cnc5n4C)c([S+]([O-])CC)n3C)cc2)CC1. The minimum absolute atomic E-state index is 0.0890. The van der Waals surface area contributed by atoms with Gasteiger partial charge in [-0.1, -0.05) is 30.2 Å². The van der Waals surface area contributed by atoms with E-state index in [0.29, 0.717) is 28.1 Å². The molecule has 0 N–H and O–H groups in total. The fourth-order valence-electron chi connectivity index (χ4n) is 4.31. The van der Waals surface area contributed by atoms with E-state index < -0.39 is 22.9 Å². The number of rotatable bonds is 5. The van der Waals surface area contributed by atoms with Gasteiger partial charge < -0.3 is 9.12 Å². The summed E-state index contributed by atoms with van der Waals surface area (Å²) in [5, 5.41) is 0.448. The third-order valence-electron chi connectivity index (χ3n) is 6.49. The van der Waals surface area contributed by atoms with Crippen LogP contribution in [-0.4, -0.2) is 34.4 Å². The molecule has 0 saturated heterocycles. The van der Waals surface area contributed by atoms with Gasteiger partial charge in [-0.25, -0.2) is 15.0 Å². The molecular weight excluding hydrogens is 475 g/mol. The van der Waals surface area contributed by atoms with Crippen LogP contribution in [0, 0.1) is 12.3 Å². The number of benzene rings is 1. The molecule has 0 aliphatic heterocycles. The lowest BCUT2D eigenvalue weighted by Crippen LogP contribution is -2.11. The molecule has 1 unspecified atom stereocenters. The molecule has 3 aromatic heterocycles. The van der Waals surface area contributed by atoms with E-state index in [9.17, 15) is 17.7 Å². The fraction of sp³-hybridized carbons (Fsp3) is 0.320. The summed E-state index contributed by atoms with van der Waals surface area (Å²) in [5.41, 5.74) is 1.54. The normalized spacial score (nSPS) is 15.8. The van der Waals surface area contributed by atoms with Crippen LogP contribution in [0.4, 0.5) is 13.2 Å². The van der Waals surface area contributed by atoms with Gasteiger partial charge in [-0.15, -0.1) is 6.42 Å². The zero-order valence-corrected chi connectivity index (χ0v) is 20.2. The summed E-state index contributed by atoms with van der Waals surface area (Å²) in [5.74, 6) is 4.10. The Kier molecular flexibility index (Phi) is 5.45. The smallest absolute Gasteiger partial charge is 0.417 e. The number of pyridine rings is 1. The van der Waals surface area contributed by atoms with Crippen molar-refractivity contribution in [2.24, 2.45) is 14.1 Å². The number of aromatic nitrogens is 5. The highest BCUT2D eigenvalue weighted by atomic mass is 32.2. The number of alkyl halides is 3. The first-order valence-corrected chi connectivity index (χ1v) is 12.4. The van der Waals surface area contributed by atoms with E-state index in [4.69, 9.17) is 11.4 Å². The summed E-state index contributed by atoms with van der Waals surface area (Å²) < 4.78 is 56.0. The molecule has 5 rings (SSSR count). The minimum Gasteiger partial charge on any atom is -0.610 e. The standard InChI is InChI=1S/C25H22F3N5OS/c1-5-24(11-12-24)16-9-7-15(8-10-16)20-31-19(23(33(20)4)35(34)6-2)22-30-18-13-17(25(26,27)28)14-29-21(18)32(22)3/h1,7-10,13-14H,6,11-12H2,2-4H3. The van der Waals surface area contributed by atoms with E-state index in [0.717, 1.165) is 36.2 Å². The predicted molar refractivity (Wildman–Crippen MR) is 128 cm³/mol. The van der Waals surface area contributed by atoms with E-state index in [-0.39, 0.29) is 16.6 Å². The van der Waals surface area contributed by atoms with E-state index in [1.165, 1.54) is 0 Å². The van der Waals surface area contributed by atoms with Gasteiger partial charge in [0.1, 0.15) is 17.1 Å². The van der Waals surface area contributed by atoms with Crippen molar-refractivity contribution in [1.82, 2.24) is 24.1 Å². The third kappa shape index (κ3) is 3.79. The fourth-order valence-corrected chi connectivity index (χ4v) is 5.33. The van der Waals surface area contributed by atoms with Gasteiger partial charge in [-0.05, 0) is 31.4 Å². The van der Waals surface area contributed by atoms with Gasteiger partial charge in [-0.2, -0.15) is 13.2 Å². The predicted octanol–water partition coefficient (Wildman–Crippen LogP) is 4.85. The summed E-state index contributed by atoms with van der Waals surface area (Å²) in [6.45, 7) is 1.79. The van der Waals surface area contributed by atoms with Crippen molar-refractivity contribution >= 4 is 22.3 Å². The molecule has 0 spiro atoms. The second kappa shape index (κ2) is 8.14. The van der Waals surface area contributed by atoms with E-state index in [2.05, 4.69) is 15.9 Å². The van der Waals surface area contributed by atoms with Gasteiger partial charge in [0.05, 0.1) is 11.0 Å². The molecule has 1 aliphatic rings. The number of fused-ring (bicyclic) bond motifs is 1. The van der Waals surface area contributed by atoms with E-state index >= 15 is 0 Å². The van der Waals surface area contributed by atoms with Crippen molar-refractivity contribution < 1.29 is 17.7 Å². The van der Waals surface area contributed by atoms with E-state index in [1.54, 1.807) is 30.2 Å². The van der Waals surface area contributed by atoms with Crippen LogP contribution in [0.3, 0.4) is 0 Å². The highest BCUT2D eigenvalue weighted by molar-refractivity contribution is 7.91. The van der Waals surface area contributed by atoms with Crippen molar-refractivity contribution in [3.8, 4) is 35.2 Å². The first-order chi connectivity index (χ1) is 16.6. The summed E-state index contributed by atoms with van der Waals surface area (Å²) in [6.07, 6.45) is 3.89. The van der Waals surface area contributed by atoms with Crippen LogP contribution in [0.2, 0.25) is 0 Å². The number of hydrogen-bond acceptors (Lipinski definition) is 4. The van der Waals surface area contributed by atoms with E-state index in [1.807, 2.05) is 24.3 Å². The summed E-state index contributed by atoms with van der Waals surface area (Å²) in [4.78, 5) is 13.2. The highest BCUT2D eigenvalue weighted by Gasteiger charge is 2.42. The Labute approximate surface area is 203 Å². The van der Waals surface area contributed by atoms with Crippen molar-refractivity contribution in [2.75, 3.05) is 5.75 Å². The molecule has 0 amide bonds. The molecule has 6 nitrogen and oxygen atoms in total. The molecule has 3 heterocycles. The van der Waals surface area contributed by atoms with Crippen LogP contribution in [0.25, 0.3) is 34.1 Å². The van der Waals surface area contributed by atoms with Gasteiger partial charge in [0.2, 0.25) is 0 Å². The molecule has 1 aromatic carbocycles. The Morgan fingerprint density at radius 3 is 2.37 bits per heavy atom. The topological polar surface area (TPSA) is 71.6 Å². The van der Waals surface area contributed by atoms with Gasteiger partial charge in [0, 0.05) is 37.0 Å². The molecule has 1 atom stereocenters. The summed E-state index contributed by atoms with van der Waals surface area (Å²) in [6, 6.07) is 8.81. The number of imidazole rings is 2. The van der Waals surface area contributed by atoms with Crippen LogP contribution < -0.4 is 0 Å². The van der Waals surface area contributed by atoms with Gasteiger partial charge in [0.25, 0.3) is 5.03 Å². The number of aryl methyl sites for hydroxylation is 1. The van der Waals surface area contributed by atoms with Crippen molar-refractivity contribution in [2.45, 2.75) is 36.4 Å². The number of halogens is 3. The molecule has 1 saturated carbocycles. The van der Waals surface area contributed by atoms with Crippen LogP contribution in [-0.2, 0) is 36.9 Å². The monoisotopic (exact) mass is 497 g/mol. The molecular formula is C25H22F3N5OS. The zero-order chi connectivity index (χ0) is 25.1. The Balaban J connectivity index is 1.65. The maximum Gasteiger partial charge on any atom is 0.417 e. The lowest BCUT2D eigenvalue weighted by atomic mass is 9.96. The second-order valence-electron chi connectivity index (χ2n) is 8.65. The van der Waals surface area contributed by atoms with Crippen molar-refractivity contribution in [1.29, 1.82) is 0 Å². The quantitative estimate of drug-likeness (QED) is 0.292. The lowest BCUT2D eigenvalue weighted by Gasteiger charge is -2.11. The Hall–Kier alpha value is -3.29. The molecule has 4 aromatic rings. The second-order valence-corrected chi connectivity index (χ2v) is 10.3. The maximum atomic E-state index is 13.2. The Morgan fingerprint density at radius 1 is 1.11 bits per heavy atom. The number of terminal acetylenes is 1. The molecule has 1 aliphatic carbocycles. The molecule has 0 bridgehead atoms. The average Bonchev–Trinajstić information content (AvgIpc) is 3.48. The van der Waals surface area contributed by atoms with Gasteiger partial charge in [-0.3, -0.25) is 4.57 Å². The van der Waals surface area contributed by atoms with Crippen molar-refractivity contribution in [3.63, 3.8) is 0 Å². The molecule has 35 heavy (non-hydrogen) atoms. The average molecular weight is 498 g/mol. The number of nitrogens with zero attached hydrogens (tertiary/aromatic N) is 5. The summed E-state index contributed by atoms with van der Waals surface area (Å²) in [7, 11) is 3.43. The Bertz CT molecular complexity index is 1480. The van der Waals surface area contributed by atoms with Crippen LogP contribution in [0.15, 0.2) is 41.6 Å². The van der Waals surface area contributed by atoms with Gasteiger partial charge >= 0.3 is 6.18 Å².